The Morgan fingerprint density at radius 2 is 2.25 bits per heavy atom. The molecule has 2 aliphatic rings. The van der Waals surface area contributed by atoms with E-state index in [2.05, 4.69) is 0 Å². The number of amides is 1. The van der Waals surface area contributed by atoms with Crippen molar-refractivity contribution in [3.63, 3.8) is 0 Å². The normalized spacial score (nSPS) is 31.5. The summed E-state index contributed by atoms with van der Waals surface area (Å²) in [5.41, 5.74) is -1.10. The Bertz CT molecular complexity index is 380. The number of aliphatic carboxylic acids is 1. The number of hydrogen-bond donors (Lipinski definition) is 1. The number of rotatable bonds is 5. The molecule has 1 N–H and O–H groups in total. The summed E-state index contributed by atoms with van der Waals surface area (Å²) in [5.74, 6) is -1.19. The van der Waals surface area contributed by atoms with Gasteiger partial charge in [-0.05, 0) is 39.5 Å². The van der Waals surface area contributed by atoms with Crippen LogP contribution in [0.4, 0.5) is 0 Å². The van der Waals surface area contributed by atoms with Gasteiger partial charge in [0.15, 0.2) is 0 Å². The van der Waals surface area contributed by atoms with E-state index in [1.54, 1.807) is 13.8 Å². The predicted octanol–water partition coefficient (Wildman–Crippen LogP) is 1.04. The predicted molar refractivity (Wildman–Crippen MR) is 71.4 cm³/mol. The number of carbonyl (C=O) groups excluding carboxylic acids is 1. The SMILES string of the molecule is C[C@H](OC[C@@H]1CCCO1)C(=O)N1CCC[C@@]1(C)C(=O)O. The number of hydrogen-bond acceptors (Lipinski definition) is 4. The summed E-state index contributed by atoms with van der Waals surface area (Å²) >= 11 is 0. The van der Waals surface area contributed by atoms with E-state index in [4.69, 9.17) is 9.47 Å². The van der Waals surface area contributed by atoms with E-state index in [0.717, 1.165) is 19.4 Å². The molecular weight excluding hydrogens is 262 g/mol. The van der Waals surface area contributed by atoms with Crippen molar-refractivity contribution in [2.45, 2.75) is 57.3 Å². The smallest absolute Gasteiger partial charge is 0.329 e. The minimum atomic E-state index is -1.10. The highest BCUT2D eigenvalue weighted by atomic mass is 16.5. The minimum Gasteiger partial charge on any atom is -0.480 e. The fraction of sp³-hybridized carbons (Fsp3) is 0.857. The molecule has 2 heterocycles. The minimum absolute atomic E-state index is 0.0645. The van der Waals surface area contributed by atoms with E-state index in [1.807, 2.05) is 0 Å². The van der Waals surface area contributed by atoms with E-state index in [-0.39, 0.29) is 12.0 Å². The zero-order valence-corrected chi connectivity index (χ0v) is 12.1. The number of ether oxygens (including phenoxy) is 2. The number of nitrogens with zero attached hydrogens (tertiary/aromatic N) is 1. The Morgan fingerprint density at radius 3 is 2.85 bits per heavy atom. The van der Waals surface area contributed by atoms with Gasteiger partial charge < -0.3 is 19.5 Å². The summed E-state index contributed by atoms with van der Waals surface area (Å²) in [7, 11) is 0. The number of likely N-dealkylation sites (tertiary alicyclic amines) is 1. The van der Waals surface area contributed by atoms with Crippen LogP contribution in [0.2, 0.25) is 0 Å². The van der Waals surface area contributed by atoms with Gasteiger partial charge in [-0.1, -0.05) is 0 Å². The van der Waals surface area contributed by atoms with Gasteiger partial charge in [-0.2, -0.15) is 0 Å². The van der Waals surface area contributed by atoms with Crippen molar-refractivity contribution in [1.82, 2.24) is 4.90 Å². The molecule has 0 aromatic rings. The molecule has 2 aliphatic heterocycles. The van der Waals surface area contributed by atoms with Crippen LogP contribution in [0, 0.1) is 0 Å². The molecule has 0 aliphatic carbocycles. The molecule has 3 atom stereocenters. The van der Waals surface area contributed by atoms with Crippen LogP contribution in [0.5, 0.6) is 0 Å². The van der Waals surface area contributed by atoms with E-state index in [0.29, 0.717) is 26.0 Å². The Balaban J connectivity index is 1.90. The van der Waals surface area contributed by atoms with E-state index in [9.17, 15) is 14.7 Å². The lowest BCUT2D eigenvalue weighted by molar-refractivity contribution is -0.161. The van der Waals surface area contributed by atoms with Crippen molar-refractivity contribution in [2.24, 2.45) is 0 Å². The first-order valence-electron chi connectivity index (χ1n) is 7.23. The van der Waals surface area contributed by atoms with Crippen LogP contribution in [0.25, 0.3) is 0 Å². The highest BCUT2D eigenvalue weighted by Crippen LogP contribution is 2.30. The molecule has 0 bridgehead atoms. The Labute approximate surface area is 119 Å². The second kappa shape index (κ2) is 6.10. The van der Waals surface area contributed by atoms with Crippen LogP contribution >= 0.6 is 0 Å². The van der Waals surface area contributed by atoms with Crippen molar-refractivity contribution >= 4 is 11.9 Å². The van der Waals surface area contributed by atoms with Crippen molar-refractivity contribution in [2.75, 3.05) is 19.8 Å². The molecule has 0 radical (unpaired) electrons. The summed E-state index contributed by atoms with van der Waals surface area (Å²) in [6.07, 6.45) is 2.63. The topological polar surface area (TPSA) is 76.1 Å². The summed E-state index contributed by atoms with van der Waals surface area (Å²) in [6, 6.07) is 0. The van der Waals surface area contributed by atoms with Gasteiger partial charge in [0.2, 0.25) is 0 Å². The van der Waals surface area contributed by atoms with E-state index < -0.39 is 17.6 Å². The molecule has 20 heavy (non-hydrogen) atoms. The molecule has 2 saturated heterocycles. The first kappa shape index (κ1) is 15.3. The van der Waals surface area contributed by atoms with Crippen LogP contribution in [0.15, 0.2) is 0 Å². The summed E-state index contributed by atoms with van der Waals surface area (Å²) in [6.45, 7) is 4.91. The molecule has 0 spiro atoms. The molecule has 6 heteroatoms. The van der Waals surface area contributed by atoms with Crippen LogP contribution in [-0.2, 0) is 19.1 Å². The molecule has 0 aromatic heterocycles. The van der Waals surface area contributed by atoms with Crippen LogP contribution in [0.3, 0.4) is 0 Å². The molecule has 0 saturated carbocycles. The fourth-order valence-corrected chi connectivity index (χ4v) is 2.86. The van der Waals surface area contributed by atoms with E-state index >= 15 is 0 Å². The van der Waals surface area contributed by atoms with Crippen LogP contribution in [0.1, 0.15) is 39.5 Å². The van der Waals surface area contributed by atoms with Gasteiger partial charge in [0.1, 0.15) is 11.6 Å². The largest absolute Gasteiger partial charge is 0.480 e. The lowest BCUT2D eigenvalue weighted by Gasteiger charge is -2.33. The summed E-state index contributed by atoms with van der Waals surface area (Å²) in [5, 5.41) is 9.32. The van der Waals surface area contributed by atoms with Crippen molar-refractivity contribution in [1.29, 1.82) is 0 Å². The second-order valence-electron chi connectivity index (χ2n) is 5.78. The third-order valence-electron chi connectivity index (χ3n) is 4.27. The summed E-state index contributed by atoms with van der Waals surface area (Å²) in [4.78, 5) is 25.2. The number of carbonyl (C=O) groups is 2. The third kappa shape index (κ3) is 2.96. The highest BCUT2D eigenvalue weighted by molar-refractivity contribution is 5.89. The first-order chi connectivity index (χ1) is 9.45. The van der Waals surface area contributed by atoms with Gasteiger partial charge in [0, 0.05) is 13.2 Å². The zero-order valence-electron chi connectivity index (χ0n) is 12.1. The standard InChI is InChI=1S/C14H23NO5/c1-10(20-9-11-5-3-8-19-11)12(16)15-7-4-6-14(15,2)13(17)18/h10-11H,3-9H2,1-2H3,(H,17,18)/t10-,11-,14-/m0/s1. The lowest BCUT2D eigenvalue weighted by atomic mass is 9.99. The average molecular weight is 285 g/mol. The molecule has 0 unspecified atom stereocenters. The molecule has 0 aromatic carbocycles. The molecule has 114 valence electrons. The Kier molecular flexibility index (Phi) is 4.65. The molecular formula is C14H23NO5. The lowest BCUT2D eigenvalue weighted by Crippen LogP contribution is -2.53. The quantitative estimate of drug-likeness (QED) is 0.816. The Morgan fingerprint density at radius 1 is 1.50 bits per heavy atom. The Hall–Kier alpha value is -1.14. The maximum atomic E-state index is 12.4. The van der Waals surface area contributed by atoms with Gasteiger partial charge in [0.05, 0.1) is 12.7 Å². The maximum Gasteiger partial charge on any atom is 0.329 e. The number of carboxylic acids is 1. The van der Waals surface area contributed by atoms with Crippen LogP contribution < -0.4 is 0 Å². The summed E-state index contributed by atoms with van der Waals surface area (Å²) < 4.78 is 11.0. The fourth-order valence-electron chi connectivity index (χ4n) is 2.86. The molecule has 2 rings (SSSR count). The van der Waals surface area contributed by atoms with Crippen molar-refractivity contribution in [3.05, 3.63) is 0 Å². The van der Waals surface area contributed by atoms with Crippen LogP contribution in [-0.4, -0.2) is 59.4 Å². The molecule has 6 nitrogen and oxygen atoms in total. The van der Waals surface area contributed by atoms with Gasteiger partial charge >= 0.3 is 5.97 Å². The van der Waals surface area contributed by atoms with Crippen molar-refractivity contribution in [3.8, 4) is 0 Å². The zero-order chi connectivity index (χ0) is 14.8. The van der Waals surface area contributed by atoms with Gasteiger partial charge in [-0.25, -0.2) is 4.79 Å². The van der Waals surface area contributed by atoms with Crippen molar-refractivity contribution < 1.29 is 24.2 Å². The maximum absolute atomic E-state index is 12.4. The second-order valence-corrected chi connectivity index (χ2v) is 5.78. The average Bonchev–Trinajstić information content (AvgIpc) is 3.05. The van der Waals surface area contributed by atoms with Gasteiger partial charge in [0.25, 0.3) is 5.91 Å². The van der Waals surface area contributed by atoms with Gasteiger partial charge in [-0.15, -0.1) is 0 Å². The molecule has 2 fully saturated rings. The number of carboxylic acid groups (broad SMARTS) is 1. The van der Waals surface area contributed by atoms with E-state index in [1.165, 1.54) is 4.90 Å². The van der Waals surface area contributed by atoms with Gasteiger partial charge in [-0.3, -0.25) is 4.79 Å². The highest BCUT2D eigenvalue weighted by Gasteiger charge is 2.47. The monoisotopic (exact) mass is 285 g/mol. The third-order valence-corrected chi connectivity index (χ3v) is 4.27. The molecule has 1 amide bonds. The first-order valence-corrected chi connectivity index (χ1v) is 7.23.